The number of hydrogen-bond donors (Lipinski definition) is 1. The molecular weight excluding hydrogens is 370 g/mol. The van der Waals surface area contributed by atoms with Crippen LogP contribution in [0.1, 0.15) is 20.2 Å². The van der Waals surface area contributed by atoms with Gasteiger partial charge in [0.1, 0.15) is 4.88 Å². The van der Waals surface area contributed by atoms with Crippen LogP contribution in [0, 0.1) is 0 Å². The summed E-state index contributed by atoms with van der Waals surface area (Å²) in [6.07, 6.45) is 1.38. The zero-order valence-electron chi connectivity index (χ0n) is 14.3. The Balaban J connectivity index is 1.62. The summed E-state index contributed by atoms with van der Waals surface area (Å²) in [6, 6.07) is 12.4. The van der Waals surface area contributed by atoms with E-state index in [1.165, 1.54) is 13.4 Å². The van der Waals surface area contributed by atoms with E-state index in [1.54, 1.807) is 17.5 Å². The number of methoxy groups -OCH3 is 1. The molecule has 0 bridgehead atoms. The van der Waals surface area contributed by atoms with E-state index < -0.39 is 24.5 Å². The second-order valence-corrected chi connectivity index (χ2v) is 6.22. The maximum Gasteiger partial charge on any atom is 0.375 e. The van der Waals surface area contributed by atoms with Crippen LogP contribution in [0.2, 0.25) is 0 Å². The largest absolute Gasteiger partial charge is 0.465 e. The lowest BCUT2D eigenvalue weighted by molar-refractivity contribution is -0.119. The third kappa shape index (κ3) is 4.24. The lowest BCUT2D eigenvalue weighted by Crippen LogP contribution is -2.21. The van der Waals surface area contributed by atoms with Crippen molar-refractivity contribution in [3.63, 3.8) is 0 Å². The van der Waals surface area contributed by atoms with Crippen molar-refractivity contribution in [3.05, 3.63) is 64.7 Å². The van der Waals surface area contributed by atoms with Gasteiger partial charge >= 0.3 is 11.9 Å². The minimum atomic E-state index is -0.757. The number of benzene rings is 1. The molecule has 1 aromatic carbocycles. The SMILES string of the molecule is COC(=O)c1sccc1NC(=O)COC(=O)c1occc1-c1ccccc1. The summed E-state index contributed by atoms with van der Waals surface area (Å²) in [5, 5.41) is 4.16. The fraction of sp³-hybridized carbons (Fsp3) is 0.105. The number of ether oxygens (including phenoxy) is 2. The first-order valence-corrected chi connectivity index (χ1v) is 8.74. The van der Waals surface area contributed by atoms with Crippen molar-refractivity contribution in [2.24, 2.45) is 0 Å². The van der Waals surface area contributed by atoms with Crippen molar-refractivity contribution in [1.29, 1.82) is 0 Å². The van der Waals surface area contributed by atoms with Gasteiger partial charge < -0.3 is 19.2 Å². The van der Waals surface area contributed by atoms with Gasteiger partial charge in [0.05, 0.1) is 19.1 Å². The molecule has 138 valence electrons. The molecule has 1 N–H and O–H groups in total. The first kappa shape index (κ1) is 18.4. The van der Waals surface area contributed by atoms with Crippen molar-refractivity contribution in [3.8, 4) is 11.1 Å². The molecule has 7 nitrogen and oxygen atoms in total. The van der Waals surface area contributed by atoms with Crippen molar-refractivity contribution in [2.45, 2.75) is 0 Å². The topological polar surface area (TPSA) is 94.8 Å². The van der Waals surface area contributed by atoms with Gasteiger partial charge in [-0.1, -0.05) is 30.3 Å². The first-order chi connectivity index (χ1) is 13.1. The Hall–Kier alpha value is -3.39. The van der Waals surface area contributed by atoms with Gasteiger partial charge in [-0.2, -0.15) is 0 Å². The van der Waals surface area contributed by atoms with Gasteiger partial charge in [-0.25, -0.2) is 9.59 Å². The van der Waals surface area contributed by atoms with Gasteiger partial charge in [0.15, 0.2) is 6.61 Å². The third-order valence-corrected chi connectivity index (χ3v) is 4.47. The third-order valence-electron chi connectivity index (χ3n) is 3.58. The number of esters is 2. The fourth-order valence-corrected chi connectivity index (χ4v) is 3.12. The summed E-state index contributed by atoms with van der Waals surface area (Å²) in [7, 11) is 1.25. The molecule has 0 saturated carbocycles. The van der Waals surface area contributed by atoms with Crippen LogP contribution in [0.15, 0.2) is 58.5 Å². The number of carbonyl (C=O) groups excluding carboxylic acids is 3. The van der Waals surface area contributed by atoms with Crippen LogP contribution >= 0.6 is 11.3 Å². The van der Waals surface area contributed by atoms with E-state index in [2.05, 4.69) is 10.1 Å². The summed E-state index contributed by atoms with van der Waals surface area (Å²) in [6.45, 7) is -0.524. The first-order valence-electron chi connectivity index (χ1n) is 7.86. The smallest absolute Gasteiger partial charge is 0.375 e. The molecule has 0 fully saturated rings. The second kappa shape index (κ2) is 8.33. The van der Waals surface area contributed by atoms with E-state index in [9.17, 15) is 14.4 Å². The molecule has 3 rings (SSSR count). The molecule has 0 aliphatic rings. The molecule has 2 heterocycles. The molecule has 27 heavy (non-hydrogen) atoms. The zero-order valence-corrected chi connectivity index (χ0v) is 15.1. The van der Waals surface area contributed by atoms with Gasteiger partial charge in [0, 0.05) is 5.56 Å². The average Bonchev–Trinajstić information content (AvgIpc) is 3.36. The molecule has 3 aromatic rings. The van der Waals surface area contributed by atoms with E-state index in [0.29, 0.717) is 11.3 Å². The highest BCUT2D eigenvalue weighted by molar-refractivity contribution is 7.12. The number of furan rings is 1. The van der Waals surface area contributed by atoms with Crippen LogP contribution in [-0.4, -0.2) is 31.6 Å². The quantitative estimate of drug-likeness (QED) is 0.652. The molecule has 2 aromatic heterocycles. The number of rotatable bonds is 6. The van der Waals surface area contributed by atoms with E-state index in [0.717, 1.165) is 16.9 Å². The predicted octanol–water partition coefficient (Wildman–Crippen LogP) is 3.59. The molecule has 0 aliphatic heterocycles. The van der Waals surface area contributed by atoms with Crippen molar-refractivity contribution >= 4 is 34.9 Å². The monoisotopic (exact) mass is 385 g/mol. The number of amides is 1. The molecule has 0 saturated heterocycles. The van der Waals surface area contributed by atoms with Crippen LogP contribution in [0.4, 0.5) is 5.69 Å². The Morgan fingerprint density at radius 3 is 2.59 bits per heavy atom. The number of thiophene rings is 1. The van der Waals surface area contributed by atoms with Gasteiger partial charge in [-0.15, -0.1) is 11.3 Å². The second-order valence-electron chi connectivity index (χ2n) is 5.31. The molecule has 0 atom stereocenters. The Morgan fingerprint density at radius 1 is 1.07 bits per heavy atom. The van der Waals surface area contributed by atoms with Gasteiger partial charge in [0.25, 0.3) is 5.91 Å². The maximum absolute atomic E-state index is 12.3. The summed E-state index contributed by atoms with van der Waals surface area (Å²) in [4.78, 5) is 36.2. The van der Waals surface area contributed by atoms with Crippen molar-refractivity contribution in [2.75, 3.05) is 19.0 Å². The summed E-state index contributed by atoms with van der Waals surface area (Å²) < 4.78 is 14.9. The standard InChI is InChI=1S/C19H15NO6S/c1-24-19(23)17-14(8-10-27-17)20-15(21)11-26-18(22)16-13(7-9-25-16)12-5-3-2-4-6-12/h2-10H,11H2,1H3,(H,20,21). The molecular formula is C19H15NO6S. The van der Waals surface area contributed by atoms with Crippen molar-refractivity contribution in [1.82, 2.24) is 0 Å². The molecule has 1 amide bonds. The van der Waals surface area contributed by atoms with Crippen LogP contribution in [0.3, 0.4) is 0 Å². The van der Waals surface area contributed by atoms with Crippen LogP contribution in [0.5, 0.6) is 0 Å². The highest BCUT2D eigenvalue weighted by atomic mass is 32.1. The van der Waals surface area contributed by atoms with E-state index in [4.69, 9.17) is 9.15 Å². The lowest BCUT2D eigenvalue weighted by Gasteiger charge is -2.07. The lowest BCUT2D eigenvalue weighted by atomic mass is 10.1. The average molecular weight is 385 g/mol. The number of hydrogen-bond acceptors (Lipinski definition) is 7. The molecule has 0 aliphatic carbocycles. The maximum atomic E-state index is 12.3. The number of anilines is 1. The van der Waals surface area contributed by atoms with Crippen molar-refractivity contribution < 1.29 is 28.3 Å². The van der Waals surface area contributed by atoms with E-state index >= 15 is 0 Å². The molecule has 0 unspecified atom stereocenters. The predicted molar refractivity (Wildman–Crippen MR) is 98.7 cm³/mol. The summed E-state index contributed by atoms with van der Waals surface area (Å²) in [5.74, 6) is -1.88. The van der Waals surface area contributed by atoms with Crippen LogP contribution < -0.4 is 5.32 Å². The minimum absolute atomic E-state index is 0.0137. The minimum Gasteiger partial charge on any atom is -0.465 e. The normalized spacial score (nSPS) is 10.3. The number of nitrogens with one attached hydrogen (secondary N) is 1. The molecule has 0 radical (unpaired) electrons. The van der Waals surface area contributed by atoms with Gasteiger partial charge in [-0.3, -0.25) is 4.79 Å². The van der Waals surface area contributed by atoms with Gasteiger partial charge in [0.2, 0.25) is 5.76 Å². The highest BCUT2D eigenvalue weighted by Gasteiger charge is 2.20. The summed E-state index contributed by atoms with van der Waals surface area (Å²) in [5.41, 5.74) is 1.67. The Labute approximate surface area is 158 Å². The van der Waals surface area contributed by atoms with E-state index in [1.807, 2.05) is 30.3 Å². The van der Waals surface area contributed by atoms with Crippen LogP contribution in [0.25, 0.3) is 11.1 Å². The zero-order chi connectivity index (χ0) is 19.2. The Bertz CT molecular complexity index is 960. The summed E-state index contributed by atoms with van der Waals surface area (Å²) >= 11 is 1.13. The molecule has 8 heteroatoms. The van der Waals surface area contributed by atoms with Crippen LogP contribution in [-0.2, 0) is 14.3 Å². The Kier molecular flexibility index (Phi) is 5.68. The van der Waals surface area contributed by atoms with E-state index in [-0.39, 0.29) is 10.6 Å². The fourth-order valence-electron chi connectivity index (χ4n) is 2.35. The number of carbonyl (C=O) groups is 3. The van der Waals surface area contributed by atoms with Gasteiger partial charge in [-0.05, 0) is 23.1 Å². The Morgan fingerprint density at radius 2 is 1.85 bits per heavy atom. The highest BCUT2D eigenvalue weighted by Crippen LogP contribution is 2.25. The molecule has 0 spiro atoms.